The molecule has 0 aliphatic carbocycles. The van der Waals surface area contributed by atoms with Crippen molar-refractivity contribution < 1.29 is 9.53 Å². The number of carbonyl (C=O) groups excluding carboxylic acids is 1. The van der Waals surface area contributed by atoms with Crippen LogP contribution in [-0.2, 0) is 4.74 Å². The first-order valence-electron chi connectivity index (χ1n) is 16.6. The van der Waals surface area contributed by atoms with Gasteiger partial charge in [-0.3, -0.25) is 9.69 Å². The predicted molar refractivity (Wildman–Crippen MR) is 184 cm³/mol. The van der Waals surface area contributed by atoms with E-state index in [1.165, 1.54) is 37.2 Å². The summed E-state index contributed by atoms with van der Waals surface area (Å²) in [6.45, 7) is 10.3. The number of nitrogens with two attached hydrogens (primary N) is 1. The molecule has 11 heteroatoms. The van der Waals surface area contributed by atoms with E-state index in [4.69, 9.17) is 20.4 Å². The van der Waals surface area contributed by atoms with Crippen molar-refractivity contribution >= 4 is 39.8 Å². The van der Waals surface area contributed by atoms with Gasteiger partial charge in [-0.1, -0.05) is 12.1 Å². The third-order valence-corrected chi connectivity index (χ3v) is 9.86. The Labute approximate surface area is 270 Å². The molecule has 3 aliphatic rings. The molecule has 46 heavy (non-hydrogen) atoms. The van der Waals surface area contributed by atoms with Crippen LogP contribution in [0.5, 0.6) is 0 Å². The van der Waals surface area contributed by atoms with E-state index >= 15 is 0 Å². The maximum Gasteiger partial charge on any atom is 0.271 e. The number of hydrogen-bond acceptors (Lipinski definition) is 9. The Morgan fingerprint density at radius 3 is 2.48 bits per heavy atom. The SMILES string of the molecule is Cc1cc(Nc2nc(NC3CCOCC3)c(-c3cccc4[nH]ccc34)nc2C(N)=O)ccc1N1CCC(N2CCN(C)CC2)CC1. The first-order chi connectivity index (χ1) is 22.4. The number of hydrogen-bond donors (Lipinski definition) is 4. The summed E-state index contributed by atoms with van der Waals surface area (Å²) in [5.41, 5.74) is 11.8. The van der Waals surface area contributed by atoms with Gasteiger partial charge >= 0.3 is 0 Å². The highest BCUT2D eigenvalue weighted by molar-refractivity contribution is 6.01. The minimum Gasteiger partial charge on any atom is -0.381 e. The summed E-state index contributed by atoms with van der Waals surface area (Å²) in [5.74, 6) is 0.323. The van der Waals surface area contributed by atoms with Crippen LogP contribution < -0.4 is 21.3 Å². The summed E-state index contributed by atoms with van der Waals surface area (Å²) in [6.07, 6.45) is 6.00. The Balaban J connectivity index is 1.14. The number of ether oxygens (including phenoxy) is 1. The third-order valence-electron chi connectivity index (χ3n) is 9.86. The van der Waals surface area contributed by atoms with Crippen molar-refractivity contribution in [3.8, 4) is 11.3 Å². The van der Waals surface area contributed by atoms with Gasteiger partial charge in [-0.25, -0.2) is 9.97 Å². The number of aryl methyl sites for hydroxylation is 1. The number of piperidine rings is 1. The maximum atomic E-state index is 12.8. The molecule has 3 saturated heterocycles. The molecule has 7 rings (SSSR count). The minimum absolute atomic E-state index is 0.104. The predicted octanol–water partition coefficient (Wildman–Crippen LogP) is 4.58. The fourth-order valence-corrected chi connectivity index (χ4v) is 7.19. The molecular weight excluding hydrogens is 578 g/mol. The fourth-order valence-electron chi connectivity index (χ4n) is 7.19. The van der Waals surface area contributed by atoms with Crippen LogP contribution in [0.3, 0.4) is 0 Å². The highest BCUT2D eigenvalue weighted by atomic mass is 16.5. The number of primary amides is 1. The van der Waals surface area contributed by atoms with Crippen molar-refractivity contribution in [1.29, 1.82) is 0 Å². The second kappa shape index (κ2) is 13.3. The van der Waals surface area contributed by atoms with Crippen molar-refractivity contribution in [2.24, 2.45) is 5.73 Å². The van der Waals surface area contributed by atoms with Crippen molar-refractivity contribution in [1.82, 2.24) is 24.8 Å². The number of likely N-dealkylation sites (N-methyl/N-ethyl adjacent to an activating group) is 1. The molecule has 0 unspecified atom stereocenters. The van der Waals surface area contributed by atoms with Crippen LogP contribution in [0.15, 0.2) is 48.7 Å². The molecule has 3 aliphatic heterocycles. The number of aromatic nitrogens is 3. The molecule has 3 fully saturated rings. The standard InChI is InChI=1S/C35H45N9O2/c1-23-22-25(6-7-30(23)44-14-9-26(10-15-44)43-18-16-42(2)17-19-43)39-35-32(33(36)45)40-31(28-4-3-5-29-27(28)8-13-37-29)34(41-35)38-24-11-20-46-21-12-24/h3-8,13,22,24,26,37H,9-12,14-21H2,1-2H3,(H2,36,45)(H2,38,39,41). The summed E-state index contributed by atoms with van der Waals surface area (Å²) < 4.78 is 5.59. The van der Waals surface area contributed by atoms with Gasteiger partial charge in [0.15, 0.2) is 17.3 Å². The summed E-state index contributed by atoms with van der Waals surface area (Å²) in [4.78, 5) is 33.6. The van der Waals surface area contributed by atoms with Crippen LogP contribution in [0.4, 0.5) is 23.0 Å². The molecule has 242 valence electrons. The van der Waals surface area contributed by atoms with Gasteiger partial charge in [-0.05, 0) is 75.5 Å². The molecule has 1 amide bonds. The Morgan fingerprint density at radius 1 is 0.957 bits per heavy atom. The smallest absolute Gasteiger partial charge is 0.271 e. The topological polar surface area (TPSA) is 128 Å². The molecule has 0 saturated carbocycles. The largest absolute Gasteiger partial charge is 0.381 e. The van der Waals surface area contributed by atoms with E-state index < -0.39 is 5.91 Å². The summed E-state index contributed by atoms with van der Waals surface area (Å²) >= 11 is 0. The first-order valence-corrected chi connectivity index (χ1v) is 16.6. The van der Waals surface area contributed by atoms with Crippen LogP contribution in [0, 0.1) is 6.92 Å². The van der Waals surface area contributed by atoms with Crippen LogP contribution in [0.1, 0.15) is 41.7 Å². The van der Waals surface area contributed by atoms with E-state index in [0.29, 0.717) is 36.6 Å². The highest BCUT2D eigenvalue weighted by Crippen LogP contribution is 2.35. The number of fused-ring (bicyclic) bond motifs is 1. The molecule has 0 bridgehead atoms. The van der Waals surface area contributed by atoms with Crippen molar-refractivity contribution in [2.45, 2.75) is 44.7 Å². The minimum atomic E-state index is -0.633. The molecule has 5 N–H and O–H groups in total. The number of amides is 1. The number of benzene rings is 2. The Kier molecular flexibility index (Phi) is 8.79. The average molecular weight is 624 g/mol. The zero-order valence-electron chi connectivity index (χ0n) is 26.9. The number of nitrogens with one attached hydrogen (secondary N) is 3. The van der Waals surface area contributed by atoms with Gasteiger partial charge in [0.05, 0.1) is 0 Å². The Morgan fingerprint density at radius 2 is 1.74 bits per heavy atom. The normalized spacial score (nSPS) is 19.0. The lowest BCUT2D eigenvalue weighted by atomic mass is 10.0. The van der Waals surface area contributed by atoms with Gasteiger partial charge in [0, 0.05) is 98.6 Å². The lowest BCUT2D eigenvalue weighted by molar-refractivity contribution is 0.0904. The lowest BCUT2D eigenvalue weighted by Crippen LogP contribution is -2.52. The van der Waals surface area contributed by atoms with E-state index in [-0.39, 0.29) is 11.7 Å². The van der Waals surface area contributed by atoms with E-state index in [2.05, 4.69) is 62.5 Å². The van der Waals surface area contributed by atoms with Crippen LogP contribution in [0.2, 0.25) is 0 Å². The number of piperazine rings is 1. The second-order valence-electron chi connectivity index (χ2n) is 12.9. The molecule has 11 nitrogen and oxygen atoms in total. The molecule has 2 aromatic carbocycles. The maximum absolute atomic E-state index is 12.8. The quantitative estimate of drug-likeness (QED) is 0.223. The fraction of sp³-hybridized carbons (Fsp3) is 0.457. The monoisotopic (exact) mass is 623 g/mol. The Bertz CT molecular complexity index is 1680. The van der Waals surface area contributed by atoms with Crippen molar-refractivity contribution in [2.75, 3.05) is 75.1 Å². The summed E-state index contributed by atoms with van der Waals surface area (Å²) in [5, 5.41) is 8.02. The van der Waals surface area contributed by atoms with Crippen molar-refractivity contribution in [3.05, 3.63) is 59.9 Å². The number of carbonyl (C=O) groups is 1. The number of H-pyrrole nitrogens is 1. The number of rotatable bonds is 8. The highest BCUT2D eigenvalue weighted by Gasteiger charge is 2.28. The van der Waals surface area contributed by atoms with E-state index in [1.807, 2.05) is 30.5 Å². The van der Waals surface area contributed by atoms with E-state index in [1.54, 1.807) is 0 Å². The van der Waals surface area contributed by atoms with Gasteiger partial charge < -0.3 is 35.9 Å². The number of nitrogens with zero attached hydrogens (tertiary/aromatic N) is 5. The second-order valence-corrected chi connectivity index (χ2v) is 12.9. The van der Waals surface area contributed by atoms with Gasteiger partial charge in [0.25, 0.3) is 5.91 Å². The average Bonchev–Trinajstić information content (AvgIpc) is 3.56. The van der Waals surface area contributed by atoms with Gasteiger partial charge in [-0.2, -0.15) is 0 Å². The summed E-state index contributed by atoms with van der Waals surface area (Å²) in [7, 11) is 2.21. The summed E-state index contributed by atoms with van der Waals surface area (Å²) in [6, 6.07) is 15.2. The number of aromatic amines is 1. The Hall–Kier alpha value is -4.19. The molecular formula is C35H45N9O2. The molecule has 4 aromatic rings. The molecule has 0 atom stereocenters. The molecule has 2 aromatic heterocycles. The lowest BCUT2D eigenvalue weighted by Gasteiger charge is -2.43. The molecule has 0 radical (unpaired) electrons. The van der Waals surface area contributed by atoms with Crippen molar-refractivity contribution in [3.63, 3.8) is 0 Å². The van der Waals surface area contributed by atoms with E-state index in [9.17, 15) is 4.79 Å². The number of anilines is 4. The zero-order valence-corrected chi connectivity index (χ0v) is 26.9. The van der Waals surface area contributed by atoms with Crippen LogP contribution in [-0.4, -0.2) is 102 Å². The zero-order chi connectivity index (χ0) is 31.6. The molecule has 0 spiro atoms. The van der Waals surface area contributed by atoms with E-state index in [0.717, 1.165) is 61.2 Å². The van der Waals surface area contributed by atoms with Crippen LogP contribution in [0.25, 0.3) is 22.2 Å². The first kappa shape index (κ1) is 30.5. The van der Waals surface area contributed by atoms with Crippen LogP contribution >= 0.6 is 0 Å². The third kappa shape index (κ3) is 6.40. The van der Waals surface area contributed by atoms with Gasteiger partial charge in [0.1, 0.15) is 5.69 Å². The molecule has 5 heterocycles. The van der Waals surface area contributed by atoms with Gasteiger partial charge in [0.2, 0.25) is 0 Å². The van der Waals surface area contributed by atoms with Gasteiger partial charge in [-0.15, -0.1) is 0 Å².